The number of hydrogen-bond donors (Lipinski definition) is 2. The van der Waals surface area contributed by atoms with E-state index in [-0.39, 0.29) is 30.2 Å². The summed E-state index contributed by atoms with van der Waals surface area (Å²) >= 11 is 0. The molecular formula is C22H26FN3O2. The van der Waals surface area contributed by atoms with Crippen molar-refractivity contribution in [3.05, 3.63) is 65.5 Å². The molecule has 1 fully saturated rings. The standard InChI is InChI=1S/C22H26FN3O2/c1-26(14-16-10-12-17(23)13-11-16)15-21(27)25-20-9-5-4-8-19(20)22(28)24-18-6-2-3-7-18/h4-5,8-13,18H,2-3,6-7,14-15H2,1H3,(H,24,28)(H,25,27). The maximum Gasteiger partial charge on any atom is 0.253 e. The summed E-state index contributed by atoms with van der Waals surface area (Å²) in [6, 6.07) is 13.5. The summed E-state index contributed by atoms with van der Waals surface area (Å²) in [5.41, 5.74) is 1.91. The molecule has 0 spiro atoms. The number of hydrogen-bond acceptors (Lipinski definition) is 3. The van der Waals surface area contributed by atoms with Crippen LogP contribution in [0.15, 0.2) is 48.5 Å². The normalized spacial score (nSPS) is 14.2. The SMILES string of the molecule is CN(CC(=O)Nc1ccccc1C(=O)NC1CCCC1)Cc1ccc(F)cc1. The van der Waals surface area contributed by atoms with E-state index >= 15 is 0 Å². The van der Waals surface area contributed by atoms with Gasteiger partial charge in [0.25, 0.3) is 5.91 Å². The van der Waals surface area contributed by atoms with E-state index in [1.165, 1.54) is 12.1 Å². The number of carbonyl (C=O) groups excluding carboxylic acids is 2. The van der Waals surface area contributed by atoms with Crippen LogP contribution in [0.3, 0.4) is 0 Å². The number of likely N-dealkylation sites (N-methyl/N-ethyl adjacent to an activating group) is 1. The third kappa shape index (κ3) is 5.63. The van der Waals surface area contributed by atoms with Crippen LogP contribution in [0.4, 0.5) is 10.1 Å². The molecule has 2 amide bonds. The fraction of sp³-hybridized carbons (Fsp3) is 0.364. The molecule has 28 heavy (non-hydrogen) atoms. The molecule has 3 rings (SSSR count). The van der Waals surface area contributed by atoms with E-state index < -0.39 is 0 Å². The van der Waals surface area contributed by atoms with Gasteiger partial charge in [0.05, 0.1) is 17.8 Å². The Labute approximate surface area is 164 Å². The van der Waals surface area contributed by atoms with E-state index in [1.807, 2.05) is 11.9 Å². The molecule has 148 valence electrons. The molecule has 2 aromatic rings. The second-order valence-corrected chi connectivity index (χ2v) is 7.35. The third-order valence-electron chi connectivity index (χ3n) is 4.92. The monoisotopic (exact) mass is 383 g/mol. The van der Waals surface area contributed by atoms with Gasteiger partial charge in [0.2, 0.25) is 5.91 Å². The van der Waals surface area contributed by atoms with Gasteiger partial charge < -0.3 is 10.6 Å². The molecule has 0 radical (unpaired) electrons. The van der Waals surface area contributed by atoms with Crippen LogP contribution in [0.25, 0.3) is 0 Å². The van der Waals surface area contributed by atoms with Crippen molar-refractivity contribution in [3.63, 3.8) is 0 Å². The Balaban J connectivity index is 1.57. The van der Waals surface area contributed by atoms with Crippen molar-refractivity contribution in [2.75, 3.05) is 18.9 Å². The fourth-order valence-electron chi connectivity index (χ4n) is 3.52. The number of anilines is 1. The molecule has 5 nitrogen and oxygen atoms in total. The van der Waals surface area contributed by atoms with Crippen molar-refractivity contribution in [1.82, 2.24) is 10.2 Å². The van der Waals surface area contributed by atoms with Crippen molar-refractivity contribution in [1.29, 1.82) is 0 Å². The average molecular weight is 383 g/mol. The Hall–Kier alpha value is -2.73. The van der Waals surface area contributed by atoms with Crippen LogP contribution in [0.1, 0.15) is 41.6 Å². The summed E-state index contributed by atoms with van der Waals surface area (Å²) in [4.78, 5) is 26.9. The van der Waals surface area contributed by atoms with Gasteiger partial charge in [-0.2, -0.15) is 0 Å². The van der Waals surface area contributed by atoms with E-state index in [2.05, 4.69) is 10.6 Å². The lowest BCUT2D eigenvalue weighted by Crippen LogP contribution is -2.34. The van der Waals surface area contributed by atoms with E-state index in [4.69, 9.17) is 0 Å². The van der Waals surface area contributed by atoms with E-state index in [0.29, 0.717) is 17.8 Å². The third-order valence-corrected chi connectivity index (χ3v) is 4.92. The summed E-state index contributed by atoms with van der Waals surface area (Å²) in [6.45, 7) is 0.688. The molecule has 0 aliphatic heterocycles. The van der Waals surface area contributed by atoms with Crippen LogP contribution in [-0.4, -0.2) is 36.3 Å². The maximum absolute atomic E-state index is 13.0. The smallest absolute Gasteiger partial charge is 0.253 e. The topological polar surface area (TPSA) is 61.4 Å². The lowest BCUT2D eigenvalue weighted by atomic mass is 10.1. The predicted octanol–water partition coefficient (Wildman–Crippen LogP) is 3.57. The molecule has 0 heterocycles. The number of carbonyl (C=O) groups is 2. The van der Waals surface area contributed by atoms with Gasteiger partial charge in [-0.3, -0.25) is 14.5 Å². The minimum absolute atomic E-state index is 0.150. The van der Waals surface area contributed by atoms with Gasteiger partial charge >= 0.3 is 0 Å². The lowest BCUT2D eigenvalue weighted by Gasteiger charge is -2.18. The van der Waals surface area contributed by atoms with Crippen molar-refractivity contribution < 1.29 is 14.0 Å². The van der Waals surface area contributed by atoms with Gasteiger partial charge in [-0.1, -0.05) is 37.1 Å². The van der Waals surface area contributed by atoms with Crippen LogP contribution < -0.4 is 10.6 Å². The highest BCUT2D eigenvalue weighted by molar-refractivity contribution is 6.04. The van der Waals surface area contributed by atoms with Crippen LogP contribution in [0, 0.1) is 5.82 Å². The first-order valence-electron chi connectivity index (χ1n) is 9.64. The van der Waals surface area contributed by atoms with Gasteiger partial charge in [-0.15, -0.1) is 0 Å². The zero-order chi connectivity index (χ0) is 19.9. The van der Waals surface area contributed by atoms with Gasteiger partial charge in [0.1, 0.15) is 5.82 Å². The van der Waals surface area contributed by atoms with Crippen LogP contribution in [0.2, 0.25) is 0 Å². The number of amides is 2. The molecular weight excluding hydrogens is 357 g/mol. The number of benzene rings is 2. The lowest BCUT2D eigenvalue weighted by molar-refractivity contribution is -0.117. The minimum atomic E-state index is -0.281. The summed E-state index contributed by atoms with van der Waals surface area (Å²) in [5, 5.41) is 5.90. The van der Waals surface area contributed by atoms with E-state index in [0.717, 1.165) is 31.2 Å². The van der Waals surface area contributed by atoms with Gasteiger partial charge in [-0.25, -0.2) is 4.39 Å². The number of para-hydroxylation sites is 1. The Morgan fingerprint density at radius 2 is 1.75 bits per heavy atom. The zero-order valence-electron chi connectivity index (χ0n) is 16.1. The van der Waals surface area contributed by atoms with Gasteiger partial charge in [0, 0.05) is 12.6 Å². The molecule has 0 unspecified atom stereocenters. The number of halogens is 1. The molecule has 1 aliphatic rings. The number of rotatable bonds is 7. The first-order chi connectivity index (χ1) is 13.5. The largest absolute Gasteiger partial charge is 0.349 e. The molecule has 1 aliphatic carbocycles. The van der Waals surface area contributed by atoms with Gasteiger partial charge in [0.15, 0.2) is 0 Å². The second-order valence-electron chi connectivity index (χ2n) is 7.35. The van der Waals surface area contributed by atoms with Crippen LogP contribution in [0.5, 0.6) is 0 Å². The zero-order valence-corrected chi connectivity index (χ0v) is 16.1. The summed E-state index contributed by atoms with van der Waals surface area (Å²) in [5.74, 6) is -0.634. The Bertz CT molecular complexity index is 817. The van der Waals surface area contributed by atoms with Gasteiger partial charge in [-0.05, 0) is 49.7 Å². The van der Waals surface area contributed by atoms with Crippen molar-refractivity contribution in [2.45, 2.75) is 38.3 Å². The molecule has 2 N–H and O–H groups in total. The molecule has 0 saturated heterocycles. The number of nitrogens with zero attached hydrogens (tertiary/aromatic N) is 1. The first kappa shape index (κ1) is 20.0. The number of nitrogens with one attached hydrogen (secondary N) is 2. The molecule has 2 aromatic carbocycles. The highest BCUT2D eigenvalue weighted by atomic mass is 19.1. The Kier molecular flexibility index (Phi) is 6.76. The van der Waals surface area contributed by atoms with Crippen molar-refractivity contribution in [2.24, 2.45) is 0 Å². The molecule has 6 heteroatoms. The van der Waals surface area contributed by atoms with E-state index in [9.17, 15) is 14.0 Å². The Morgan fingerprint density at radius 1 is 1.07 bits per heavy atom. The fourth-order valence-corrected chi connectivity index (χ4v) is 3.52. The highest BCUT2D eigenvalue weighted by Gasteiger charge is 2.20. The molecule has 0 bridgehead atoms. The quantitative estimate of drug-likeness (QED) is 0.768. The van der Waals surface area contributed by atoms with Crippen LogP contribution in [-0.2, 0) is 11.3 Å². The summed E-state index contributed by atoms with van der Waals surface area (Å²) in [6.07, 6.45) is 4.30. The first-order valence-corrected chi connectivity index (χ1v) is 9.64. The maximum atomic E-state index is 13.0. The molecule has 0 aromatic heterocycles. The summed E-state index contributed by atoms with van der Waals surface area (Å²) < 4.78 is 13.0. The van der Waals surface area contributed by atoms with Crippen molar-refractivity contribution >= 4 is 17.5 Å². The molecule has 1 saturated carbocycles. The summed E-state index contributed by atoms with van der Waals surface area (Å²) in [7, 11) is 1.82. The molecule has 0 atom stereocenters. The van der Waals surface area contributed by atoms with Crippen molar-refractivity contribution in [3.8, 4) is 0 Å². The Morgan fingerprint density at radius 3 is 2.46 bits per heavy atom. The highest BCUT2D eigenvalue weighted by Crippen LogP contribution is 2.20. The average Bonchev–Trinajstić information content (AvgIpc) is 3.17. The second kappa shape index (κ2) is 9.46. The van der Waals surface area contributed by atoms with Crippen LogP contribution >= 0.6 is 0 Å². The minimum Gasteiger partial charge on any atom is -0.349 e. The van der Waals surface area contributed by atoms with E-state index in [1.54, 1.807) is 36.4 Å². The predicted molar refractivity (Wildman–Crippen MR) is 108 cm³/mol.